The van der Waals surface area contributed by atoms with Gasteiger partial charge >= 0.3 is 0 Å². The fraction of sp³-hybridized carbons (Fsp3) is 0.0714. The summed E-state index contributed by atoms with van der Waals surface area (Å²) in [4.78, 5) is 0. The third kappa shape index (κ3) is 9.25. The average Bonchev–Trinajstić information content (AvgIpc) is 2.90. The summed E-state index contributed by atoms with van der Waals surface area (Å²) in [6.07, 6.45) is 5.93. The SMILES string of the molecule is C/C(=N\NC(=S)Nc1ccccc1)C(=C/C=C/c1ccccc1)/C(C)=N/NC(=S)Nc1ccccc1. The van der Waals surface area contributed by atoms with Gasteiger partial charge in [0.1, 0.15) is 0 Å². The highest BCUT2D eigenvalue weighted by Crippen LogP contribution is 2.08. The van der Waals surface area contributed by atoms with E-state index in [-0.39, 0.29) is 0 Å². The van der Waals surface area contributed by atoms with Crippen LogP contribution in [0.25, 0.3) is 6.08 Å². The second-order valence-corrected chi connectivity index (χ2v) is 8.42. The number of anilines is 2. The third-order valence-corrected chi connectivity index (χ3v) is 5.23. The van der Waals surface area contributed by atoms with Crippen molar-refractivity contribution >= 4 is 63.5 Å². The maximum atomic E-state index is 5.37. The van der Waals surface area contributed by atoms with Crippen LogP contribution in [0.3, 0.4) is 0 Å². The molecule has 36 heavy (non-hydrogen) atoms. The van der Waals surface area contributed by atoms with E-state index in [4.69, 9.17) is 24.4 Å². The lowest BCUT2D eigenvalue weighted by Gasteiger charge is -2.11. The lowest BCUT2D eigenvalue weighted by Crippen LogP contribution is -2.27. The number of nitrogens with zero attached hydrogens (tertiary/aromatic N) is 2. The Hall–Kier alpha value is -4.14. The second-order valence-electron chi connectivity index (χ2n) is 7.61. The first-order valence-electron chi connectivity index (χ1n) is 11.3. The molecule has 0 aliphatic rings. The molecule has 8 heteroatoms. The fourth-order valence-electron chi connectivity index (χ4n) is 3.07. The van der Waals surface area contributed by atoms with Gasteiger partial charge in [-0.1, -0.05) is 85.0 Å². The molecule has 0 saturated carbocycles. The molecule has 0 radical (unpaired) electrons. The molecule has 0 heterocycles. The molecule has 0 aliphatic carbocycles. The molecular formula is C28H28N6S2. The van der Waals surface area contributed by atoms with Crippen LogP contribution in [-0.4, -0.2) is 21.6 Å². The first-order valence-corrected chi connectivity index (χ1v) is 12.1. The summed E-state index contributed by atoms with van der Waals surface area (Å²) in [6, 6.07) is 29.4. The van der Waals surface area contributed by atoms with Crippen molar-refractivity contribution in [2.45, 2.75) is 13.8 Å². The molecule has 0 amide bonds. The van der Waals surface area contributed by atoms with Crippen LogP contribution in [0.15, 0.2) is 119 Å². The van der Waals surface area contributed by atoms with Crippen molar-refractivity contribution < 1.29 is 0 Å². The molecule has 182 valence electrons. The summed E-state index contributed by atoms with van der Waals surface area (Å²) < 4.78 is 0. The van der Waals surface area contributed by atoms with E-state index >= 15 is 0 Å². The van der Waals surface area contributed by atoms with Crippen molar-refractivity contribution in [1.82, 2.24) is 10.9 Å². The van der Waals surface area contributed by atoms with Crippen molar-refractivity contribution in [3.05, 3.63) is 114 Å². The molecule has 0 fully saturated rings. The number of rotatable bonds is 8. The van der Waals surface area contributed by atoms with Gasteiger partial charge in [0.25, 0.3) is 0 Å². The van der Waals surface area contributed by atoms with E-state index in [9.17, 15) is 0 Å². The molecule has 0 bridgehead atoms. The Morgan fingerprint density at radius 2 is 1.06 bits per heavy atom. The monoisotopic (exact) mass is 512 g/mol. The highest BCUT2D eigenvalue weighted by Gasteiger charge is 2.07. The number of hydrazone groups is 2. The summed E-state index contributed by atoms with van der Waals surface area (Å²) in [5.74, 6) is 0. The number of benzene rings is 3. The molecule has 6 nitrogen and oxygen atoms in total. The molecule has 0 aromatic heterocycles. The molecule has 3 rings (SSSR count). The maximum Gasteiger partial charge on any atom is 0.191 e. The average molecular weight is 513 g/mol. The topological polar surface area (TPSA) is 72.8 Å². The van der Waals surface area contributed by atoms with Gasteiger partial charge in [-0.15, -0.1) is 0 Å². The lowest BCUT2D eigenvalue weighted by molar-refractivity contribution is 1.03. The quantitative estimate of drug-likeness (QED) is 0.122. The smallest absolute Gasteiger partial charge is 0.191 e. The van der Waals surface area contributed by atoms with Crippen LogP contribution in [0.1, 0.15) is 19.4 Å². The number of thiocarbonyl (C=S) groups is 2. The number of hydrogen-bond acceptors (Lipinski definition) is 4. The van der Waals surface area contributed by atoms with Crippen LogP contribution in [0, 0.1) is 0 Å². The van der Waals surface area contributed by atoms with Crippen molar-refractivity contribution in [2.24, 2.45) is 10.2 Å². The Labute approximate surface area is 222 Å². The van der Waals surface area contributed by atoms with Crippen molar-refractivity contribution in [2.75, 3.05) is 10.6 Å². The fourth-order valence-corrected chi connectivity index (χ4v) is 3.40. The van der Waals surface area contributed by atoms with Gasteiger partial charge in [-0.2, -0.15) is 10.2 Å². The van der Waals surface area contributed by atoms with Crippen LogP contribution in [0.2, 0.25) is 0 Å². The van der Waals surface area contributed by atoms with Crippen LogP contribution in [0.4, 0.5) is 11.4 Å². The molecule has 4 N–H and O–H groups in total. The van der Waals surface area contributed by atoms with E-state index < -0.39 is 0 Å². The third-order valence-electron chi connectivity index (χ3n) is 4.84. The van der Waals surface area contributed by atoms with E-state index in [0.717, 1.165) is 22.5 Å². The van der Waals surface area contributed by atoms with Gasteiger partial charge in [0.2, 0.25) is 0 Å². The molecule has 0 unspecified atom stereocenters. The first-order chi connectivity index (χ1) is 17.5. The van der Waals surface area contributed by atoms with Crippen LogP contribution in [0.5, 0.6) is 0 Å². The van der Waals surface area contributed by atoms with Gasteiger partial charge in [0.15, 0.2) is 10.2 Å². The summed E-state index contributed by atoms with van der Waals surface area (Å²) in [6.45, 7) is 3.78. The summed E-state index contributed by atoms with van der Waals surface area (Å²) in [7, 11) is 0. The van der Waals surface area contributed by atoms with Crippen molar-refractivity contribution in [3.63, 3.8) is 0 Å². The van der Waals surface area contributed by atoms with E-state index in [2.05, 4.69) is 31.7 Å². The van der Waals surface area contributed by atoms with Crippen LogP contribution < -0.4 is 21.5 Å². The molecular weight excluding hydrogens is 484 g/mol. The minimum Gasteiger partial charge on any atom is -0.331 e. The number of hydrogen-bond donors (Lipinski definition) is 4. The highest BCUT2D eigenvalue weighted by atomic mass is 32.1. The molecule has 3 aromatic carbocycles. The molecule has 0 aliphatic heterocycles. The van der Waals surface area contributed by atoms with Gasteiger partial charge < -0.3 is 10.6 Å². The Kier molecular flexibility index (Phi) is 10.5. The van der Waals surface area contributed by atoms with Gasteiger partial charge in [-0.25, -0.2) is 0 Å². The Bertz CT molecular complexity index is 1190. The number of para-hydroxylation sites is 2. The lowest BCUT2D eigenvalue weighted by atomic mass is 10.1. The molecule has 3 aromatic rings. The Morgan fingerprint density at radius 1 is 0.639 bits per heavy atom. The first kappa shape index (κ1) is 26.5. The largest absolute Gasteiger partial charge is 0.331 e. The van der Waals surface area contributed by atoms with Gasteiger partial charge in [0, 0.05) is 16.9 Å². The minimum absolute atomic E-state index is 0.390. The van der Waals surface area contributed by atoms with E-state index in [0.29, 0.717) is 21.6 Å². The maximum absolute atomic E-state index is 5.37. The predicted octanol–water partition coefficient (Wildman–Crippen LogP) is 6.35. The Morgan fingerprint density at radius 3 is 1.50 bits per heavy atom. The second kappa shape index (κ2) is 14.3. The van der Waals surface area contributed by atoms with Gasteiger partial charge in [-0.05, 0) is 68.1 Å². The standard InChI is InChI=1S/C28H28N6S2/c1-21(31-33-27(35)29-24-16-8-4-9-17-24)26(20-12-15-23-13-6-3-7-14-23)22(2)32-34-28(36)30-25-18-10-5-11-19-25/h3-20H,1-2H3,(H2,29,33,35)(H2,30,34,36)/b15-12+,31-21+,32-22+. The molecule has 0 atom stereocenters. The molecule has 0 saturated heterocycles. The zero-order valence-corrected chi connectivity index (χ0v) is 21.7. The van der Waals surface area contributed by atoms with Crippen molar-refractivity contribution in [1.29, 1.82) is 0 Å². The normalized spacial score (nSPS) is 11.5. The van der Waals surface area contributed by atoms with E-state index in [1.807, 2.05) is 123 Å². The summed E-state index contributed by atoms with van der Waals surface area (Å²) in [5, 5.41) is 15.9. The van der Waals surface area contributed by atoms with Gasteiger partial charge in [0.05, 0.1) is 11.4 Å². The van der Waals surface area contributed by atoms with Crippen molar-refractivity contribution in [3.8, 4) is 0 Å². The summed E-state index contributed by atoms with van der Waals surface area (Å²) >= 11 is 10.7. The predicted molar refractivity (Wildman–Crippen MR) is 161 cm³/mol. The van der Waals surface area contributed by atoms with E-state index in [1.165, 1.54) is 0 Å². The van der Waals surface area contributed by atoms with Crippen LogP contribution in [-0.2, 0) is 0 Å². The van der Waals surface area contributed by atoms with E-state index in [1.54, 1.807) is 0 Å². The zero-order chi connectivity index (χ0) is 25.6. The minimum atomic E-state index is 0.390. The molecule has 0 spiro atoms. The highest BCUT2D eigenvalue weighted by molar-refractivity contribution is 7.80. The van der Waals surface area contributed by atoms with Crippen LogP contribution >= 0.6 is 24.4 Å². The number of nitrogens with one attached hydrogen (secondary N) is 4. The van der Waals surface area contributed by atoms with Gasteiger partial charge in [-0.3, -0.25) is 10.9 Å². The number of allylic oxidation sites excluding steroid dienone is 3. The summed E-state index contributed by atoms with van der Waals surface area (Å²) in [5.41, 5.74) is 10.9. The zero-order valence-electron chi connectivity index (χ0n) is 20.1. The Balaban J connectivity index is 1.73.